The average Bonchev–Trinajstić information content (AvgIpc) is 1.55. The fourth-order valence-corrected chi connectivity index (χ4v) is 1.17. The van der Waals surface area contributed by atoms with E-state index in [0.29, 0.717) is 6.04 Å². The molecule has 0 amide bonds. The van der Waals surface area contributed by atoms with Gasteiger partial charge >= 0.3 is 0 Å². The fourth-order valence-electron chi connectivity index (χ4n) is 0.985. The minimum Gasteiger partial charge on any atom is -0.314 e. The summed E-state index contributed by atoms with van der Waals surface area (Å²) in [5.41, 5.74) is 0. The molecule has 1 saturated heterocycles. The van der Waals surface area contributed by atoms with E-state index in [1.165, 1.54) is 0 Å². The van der Waals surface area contributed by atoms with Crippen LogP contribution in [-0.4, -0.2) is 37.6 Å². The SMILES string of the molecule is C=C(Cl)CN(C)C1CNC1. The van der Waals surface area contributed by atoms with Crippen molar-refractivity contribution >= 4 is 11.6 Å². The number of nitrogens with zero attached hydrogens (tertiary/aromatic N) is 1. The van der Waals surface area contributed by atoms with Gasteiger partial charge in [-0.25, -0.2) is 0 Å². The van der Waals surface area contributed by atoms with Crippen molar-refractivity contribution in [2.75, 3.05) is 26.7 Å². The predicted molar refractivity (Wildman–Crippen MR) is 44.3 cm³/mol. The molecule has 58 valence electrons. The molecule has 0 aliphatic carbocycles. The Labute approximate surface area is 66.8 Å². The van der Waals surface area contributed by atoms with Gasteiger partial charge in [0.15, 0.2) is 0 Å². The standard InChI is InChI=1S/C7H13ClN2/c1-6(8)5-10(2)7-3-9-4-7/h7,9H,1,3-5H2,2H3. The van der Waals surface area contributed by atoms with Gasteiger partial charge in [0.05, 0.1) is 0 Å². The second kappa shape index (κ2) is 3.37. The van der Waals surface area contributed by atoms with Crippen LogP contribution in [0.2, 0.25) is 0 Å². The molecule has 0 aromatic rings. The number of halogens is 1. The summed E-state index contributed by atoms with van der Waals surface area (Å²) in [6.07, 6.45) is 0. The number of hydrogen-bond acceptors (Lipinski definition) is 2. The van der Waals surface area contributed by atoms with Gasteiger partial charge in [0.1, 0.15) is 0 Å². The van der Waals surface area contributed by atoms with Crippen LogP contribution >= 0.6 is 11.6 Å². The molecule has 10 heavy (non-hydrogen) atoms. The maximum absolute atomic E-state index is 5.64. The molecule has 0 bridgehead atoms. The Morgan fingerprint density at radius 1 is 1.80 bits per heavy atom. The summed E-state index contributed by atoms with van der Waals surface area (Å²) in [6, 6.07) is 0.662. The second-order valence-electron chi connectivity index (χ2n) is 2.74. The molecular formula is C7H13ClN2. The van der Waals surface area contributed by atoms with E-state index < -0.39 is 0 Å². The molecule has 0 aromatic heterocycles. The first-order valence-corrected chi connectivity index (χ1v) is 3.82. The average molecular weight is 161 g/mol. The zero-order valence-electron chi connectivity index (χ0n) is 6.23. The van der Waals surface area contributed by atoms with Crippen LogP contribution in [-0.2, 0) is 0 Å². The van der Waals surface area contributed by atoms with Crippen LogP contribution in [0, 0.1) is 0 Å². The highest BCUT2D eigenvalue weighted by Gasteiger charge is 2.20. The van der Waals surface area contributed by atoms with Gasteiger partial charge < -0.3 is 5.32 Å². The van der Waals surface area contributed by atoms with Crippen molar-refractivity contribution in [2.45, 2.75) is 6.04 Å². The number of nitrogens with one attached hydrogen (secondary N) is 1. The number of likely N-dealkylation sites (N-methyl/N-ethyl adjacent to an activating group) is 1. The third-order valence-corrected chi connectivity index (χ3v) is 1.92. The topological polar surface area (TPSA) is 15.3 Å². The Hall–Kier alpha value is -0.0500. The van der Waals surface area contributed by atoms with Crippen molar-refractivity contribution in [2.24, 2.45) is 0 Å². The summed E-state index contributed by atoms with van der Waals surface area (Å²) in [5.74, 6) is 0. The number of hydrogen-bond donors (Lipinski definition) is 1. The zero-order chi connectivity index (χ0) is 7.56. The lowest BCUT2D eigenvalue weighted by Gasteiger charge is -2.35. The molecule has 0 atom stereocenters. The van der Waals surface area contributed by atoms with Crippen LogP contribution in [0.1, 0.15) is 0 Å². The number of rotatable bonds is 3. The van der Waals surface area contributed by atoms with Gasteiger partial charge in [-0.15, -0.1) is 0 Å². The fraction of sp³-hybridized carbons (Fsp3) is 0.714. The Morgan fingerprint density at radius 3 is 2.70 bits per heavy atom. The maximum Gasteiger partial charge on any atom is 0.0346 e. The summed E-state index contributed by atoms with van der Waals surface area (Å²) in [7, 11) is 2.07. The molecule has 1 fully saturated rings. The van der Waals surface area contributed by atoms with Crippen molar-refractivity contribution in [3.05, 3.63) is 11.6 Å². The molecule has 1 heterocycles. The lowest BCUT2D eigenvalue weighted by Crippen LogP contribution is -2.56. The van der Waals surface area contributed by atoms with E-state index in [1.807, 2.05) is 0 Å². The van der Waals surface area contributed by atoms with Gasteiger partial charge in [-0.2, -0.15) is 0 Å². The van der Waals surface area contributed by atoms with E-state index in [2.05, 4.69) is 23.8 Å². The van der Waals surface area contributed by atoms with Gasteiger partial charge in [0.2, 0.25) is 0 Å². The predicted octanol–water partition coefficient (Wildman–Crippen LogP) is 0.643. The molecule has 1 N–H and O–H groups in total. The van der Waals surface area contributed by atoms with Gasteiger partial charge in [-0.05, 0) is 7.05 Å². The summed E-state index contributed by atoms with van der Waals surface area (Å²) >= 11 is 5.64. The van der Waals surface area contributed by atoms with Gasteiger partial charge in [0.25, 0.3) is 0 Å². The van der Waals surface area contributed by atoms with Crippen molar-refractivity contribution in [1.82, 2.24) is 10.2 Å². The molecule has 1 aliphatic rings. The maximum atomic E-state index is 5.64. The minimum absolute atomic E-state index is 0.662. The highest BCUT2D eigenvalue weighted by atomic mass is 35.5. The van der Waals surface area contributed by atoms with Crippen LogP contribution in [0.25, 0.3) is 0 Å². The Morgan fingerprint density at radius 2 is 2.40 bits per heavy atom. The summed E-state index contributed by atoms with van der Waals surface area (Å²) in [4.78, 5) is 2.21. The van der Waals surface area contributed by atoms with Gasteiger partial charge in [-0.1, -0.05) is 18.2 Å². The van der Waals surface area contributed by atoms with Crippen molar-refractivity contribution < 1.29 is 0 Å². The highest BCUT2D eigenvalue weighted by molar-refractivity contribution is 6.29. The molecule has 2 nitrogen and oxygen atoms in total. The van der Waals surface area contributed by atoms with E-state index in [1.54, 1.807) is 0 Å². The first-order chi connectivity index (χ1) is 4.70. The zero-order valence-corrected chi connectivity index (χ0v) is 6.99. The Kier molecular flexibility index (Phi) is 2.72. The van der Waals surface area contributed by atoms with E-state index in [0.717, 1.165) is 24.7 Å². The third kappa shape index (κ3) is 1.97. The van der Waals surface area contributed by atoms with Crippen LogP contribution in [0.15, 0.2) is 11.6 Å². The largest absolute Gasteiger partial charge is 0.314 e. The molecule has 0 aromatic carbocycles. The van der Waals surface area contributed by atoms with Crippen molar-refractivity contribution in [3.63, 3.8) is 0 Å². The van der Waals surface area contributed by atoms with Crippen LogP contribution in [0.4, 0.5) is 0 Å². The molecule has 0 radical (unpaired) electrons. The first-order valence-electron chi connectivity index (χ1n) is 3.44. The lowest BCUT2D eigenvalue weighted by molar-refractivity contribution is 0.196. The van der Waals surface area contributed by atoms with Crippen LogP contribution < -0.4 is 5.32 Å². The minimum atomic E-state index is 0.662. The molecule has 0 spiro atoms. The molecule has 3 heteroatoms. The Bertz CT molecular complexity index is 132. The third-order valence-electron chi connectivity index (χ3n) is 1.80. The van der Waals surface area contributed by atoms with Crippen LogP contribution in [0.5, 0.6) is 0 Å². The van der Waals surface area contributed by atoms with Crippen molar-refractivity contribution in [1.29, 1.82) is 0 Å². The first kappa shape index (κ1) is 8.05. The monoisotopic (exact) mass is 160 g/mol. The Balaban J connectivity index is 2.19. The highest BCUT2D eigenvalue weighted by Crippen LogP contribution is 2.06. The molecule has 1 aliphatic heterocycles. The van der Waals surface area contributed by atoms with E-state index in [-0.39, 0.29) is 0 Å². The molecule has 0 saturated carbocycles. The van der Waals surface area contributed by atoms with Gasteiger partial charge in [-0.3, -0.25) is 4.90 Å². The molecule has 1 rings (SSSR count). The molecule has 0 unspecified atom stereocenters. The quantitative estimate of drug-likeness (QED) is 0.652. The van der Waals surface area contributed by atoms with Crippen molar-refractivity contribution in [3.8, 4) is 0 Å². The van der Waals surface area contributed by atoms with Crippen LogP contribution in [0.3, 0.4) is 0 Å². The van der Waals surface area contributed by atoms with Gasteiger partial charge in [0, 0.05) is 30.7 Å². The van der Waals surface area contributed by atoms with E-state index in [9.17, 15) is 0 Å². The van der Waals surface area contributed by atoms with E-state index in [4.69, 9.17) is 11.6 Å². The molecular weight excluding hydrogens is 148 g/mol. The lowest BCUT2D eigenvalue weighted by atomic mass is 10.1. The normalized spacial score (nSPS) is 19.1. The summed E-state index contributed by atoms with van der Waals surface area (Å²) in [5, 5.41) is 3.92. The summed E-state index contributed by atoms with van der Waals surface area (Å²) < 4.78 is 0. The smallest absolute Gasteiger partial charge is 0.0346 e. The second-order valence-corrected chi connectivity index (χ2v) is 3.28. The summed E-state index contributed by atoms with van der Waals surface area (Å²) in [6.45, 7) is 6.61. The van der Waals surface area contributed by atoms with E-state index >= 15 is 0 Å².